The third kappa shape index (κ3) is 4.03. The number of carbonyl (C=O) groups excluding carboxylic acids is 2. The number of anilines is 1. The maximum Gasteiger partial charge on any atom is 0.305 e. The zero-order valence-electron chi connectivity index (χ0n) is 14.3. The van der Waals surface area contributed by atoms with Crippen molar-refractivity contribution in [2.75, 3.05) is 25.1 Å². The first-order valence-corrected chi connectivity index (χ1v) is 8.12. The number of likely N-dealkylation sites (N-methyl/N-ethyl adjacent to an activating group) is 1. The summed E-state index contributed by atoms with van der Waals surface area (Å²) in [5.74, 6) is 0.828. The zero-order valence-corrected chi connectivity index (χ0v) is 14.3. The van der Waals surface area contributed by atoms with Crippen LogP contribution in [0.3, 0.4) is 0 Å². The molecule has 0 aliphatic carbocycles. The molecule has 1 aliphatic rings. The number of nitrogens with zero attached hydrogens (tertiary/aromatic N) is 1. The first-order valence-electron chi connectivity index (χ1n) is 8.12. The van der Waals surface area contributed by atoms with Gasteiger partial charge in [0.2, 0.25) is 0 Å². The summed E-state index contributed by atoms with van der Waals surface area (Å²) in [6, 6.07) is 5.50. The van der Waals surface area contributed by atoms with E-state index in [1.807, 2.05) is 12.1 Å². The van der Waals surface area contributed by atoms with Crippen LogP contribution in [0, 0.1) is 5.92 Å². The van der Waals surface area contributed by atoms with Crippen molar-refractivity contribution >= 4 is 17.4 Å². The number of ether oxygens (including phenoxy) is 2. The number of hydrogen-bond acceptors (Lipinski definition) is 5. The molecule has 0 bridgehead atoms. The largest absolute Gasteiger partial charge is 0.486 e. The summed E-state index contributed by atoms with van der Waals surface area (Å²) in [6.45, 7) is 8.07. The Kier molecular flexibility index (Phi) is 5.64. The van der Waals surface area contributed by atoms with Crippen molar-refractivity contribution < 1.29 is 19.1 Å². The molecule has 0 N–H and O–H groups in total. The second-order valence-corrected chi connectivity index (χ2v) is 6.12. The van der Waals surface area contributed by atoms with Gasteiger partial charge in [-0.25, -0.2) is 0 Å². The molecule has 23 heavy (non-hydrogen) atoms. The van der Waals surface area contributed by atoms with E-state index in [1.165, 1.54) is 7.11 Å². The molecule has 1 aromatic carbocycles. The van der Waals surface area contributed by atoms with Gasteiger partial charge in [0.05, 0.1) is 25.8 Å². The molecular weight excluding hydrogens is 294 g/mol. The molecular formula is C18H25NO4. The first kappa shape index (κ1) is 17.3. The van der Waals surface area contributed by atoms with E-state index in [-0.39, 0.29) is 30.7 Å². The van der Waals surface area contributed by atoms with E-state index < -0.39 is 0 Å². The maximum absolute atomic E-state index is 12.3. The number of carbonyl (C=O) groups is 2. The Morgan fingerprint density at radius 3 is 2.70 bits per heavy atom. The van der Waals surface area contributed by atoms with E-state index >= 15 is 0 Å². The molecule has 0 saturated carbocycles. The predicted molar refractivity (Wildman–Crippen MR) is 89.2 cm³/mol. The summed E-state index contributed by atoms with van der Waals surface area (Å²) < 4.78 is 10.6. The van der Waals surface area contributed by atoms with Gasteiger partial charge in [-0.3, -0.25) is 9.59 Å². The summed E-state index contributed by atoms with van der Waals surface area (Å²) in [7, 11) is 1.33. The lowest BCUT2D eigenvalue weighted by atomic mass is 10.0. The number of hydrogen-bond donors (Lipinski definition) is 0. The van der Waals surface area contributed by atoms with Crippen LogP contribution in [0.25, 0.3) is 0 Å². The molecule has 0 spiro atoms. The fourth-order valence-corrected chi connectivity index (χ4v) is 2.66. The third-order valence-corrected chi connectivity index (χ3v) is 4.21. The number of esters is 1. The highest BCUT2D eigenvalue weighted by atomic mass is 16.5. The van der Waals surface area contributed by atoms with E-state index in [0.29, 0.717) is 11.5 Å². The van der Waals surface area contributed by atoms with E-state index in [2.05, 4.69) is 30.4 Å². The van der Waals surface area contributed by atoms with Gasteiger partial charge in [-0.05, 0) is 31.0 Å². The molecule has 5 nitrogen and oxygen atoms in total. The smallest absolute Gasteiger partial charge is 0.305 e. The molecule has 1 aromatic rings. The molecule has 0 radical (unpaired) electrons. The third-order valence-electron chi connectivity index (χ3n) is 4.21. The molecule has 1 atom stereocenters. The standard InChI is InChI=1S/C18H25NO4/c1-5-19-11-17(12(2)3)23-16-8-6-13(10-14(16)19)15(20)7-9-18(21)22-4/h6,8,10,12,17H,5,7,9,11H2,1-4H3. The Hall–Kier alpha value is -2.04. The van der Waals surface area contributed by atoms with E-state index in [4.69, 9.17) is 4.74 Å². The van der Waals surface area contributed by atoms with E-state index in [1.54, 1.807) is 6.07 Å². The number of rotatable bonds is 6. The number of benzene rings is 1. The van der Waals surface area contributed by atoms with Crippen molar-refractivity contribution in [1.29, 1.82) is 0 Å². The highest BCUT2D eigenvalue weighted by Crippen LogP contribution is 2.36. The average molecular weight is 319 g/mol. The molecule has 0 amide bonds. The van der Waals surface area contributed by atoms with E-state index in [9.17, 15) is 9.59 Å². The van der Waals surface area contributed by atoms with Crippen molar-refractivity contribution in [3.05, 3.63) is 23.8 Å². The van der Waals surface area contributed by atoms with Crippen molar-refractivity contribution in [1.82, 2.24) is 0 Å². The van der Waals surface area contributed by atoms with Gasteiger partial charge >= 0.3 is 5.97 Å². The van der Waals surface area contributed by atoms with Crippen LogP contribution in [0.1, 0.15) is 44.0 Å². The van der Waals surface area contributed by atoms with Crippen LogP contribution < -0.4 is 9.64 Å². The minimum atomic E-state index is -0.366. The Morgan fingerprint density at radius 1 is 1.35 bits per heavy atom. The molecule has 1 heterocycles. The topological polar surface area (TPSA) is 55.8 Å². The van der Waals surface area contributed by atoms with Crippen molar-refractivity contribution in [3.8, 4) is 5.75 Å². The second-order valence-electron chi connectivity index (χ2n) is 6.12. The van der Waals surface area contributed by atoms with Crippen LogP contribution in [0.2, 0.25) is 0 Å². The second kappa shape index (κ2) is 7.49. The number of methoxy groups -OCH3 is 1. The van der Waals surface area contributed by atoms with Gasteiger partial charge in [0.25, 0.3) is 0 Å². The Balaban J connectivity index is 2.18. The van der Waals surface area contributed by atoms with Crippen molar-refractivity contribution in [3.63, 3.8) is 0 Å². The SMILES string of the molecule is CCN1CC(C(C)C)Oc2ccc(C(=O)CCC(=O)OC)cc21. The molecule has 1 aliphatic heterocycles. The summed E-state index contributed by atoms with van der Waals surface area (Å²) in [5.41, 5.74) is 1.56. The molecule has 0 fully saturated rings. The first-order chi connectivity index (χ1) is 11.0. The number of ketones is 1. The quantitative estimate of drug-likeness (QED) is 0.596. The lowest BCUT2D eigenvalue weighted by Crippen LogP contribution is -2.42. The molecule has 5 heteroatoms. The normalized spacial score (nSPS) is 16.7. The van der Waals surface area contributed by atoms with Crippen LogP contribution in [-0.4, -0.2) is 38.1 Å². The molecule has 0 aromatic heterocycles. The monoisotopic (exact) mass is 319 g/mol. The average Bonchev–Trinajstić information content (AvgIpc) is 2.57. The molecule has 126 valence electrons. The van der Waals surface area contributed by atoms with Crippen molar-refractivity contribution in [2.45, 2.75) is 39.7 Å². The predicted octanol–water partition coefficient (Wildman–Crippen LogP) is 3.07. The number of fused-ring (bicyclic) bond motifs is 1. The van der Waals surface area contributed by atoms with Crippen LogP contribution in [0.4, 0.5) is 5.69 Å². The highest BCUT2D eigenvalue weighted by Gasteiger charge is 2.27. The molecule has 1 unspecified atom stereocenters. The highest BCUT2D eigenvalue weighted by molar-refractivity contribution is 5.98. The summed E-state index contributed by atoms with van der Waals surface area (Å²) in [5, 5.41) is 0. The number of Topliss-reactive ketones (excluding diaryl/α,β-unsaturated/α-hetero) is 1. The Labute approximate surface area is 137 Å². The minimum absolute atomic E-state index is 0.0553. The van der Waals surface area contributed by atoms with Gasteiger partial charge in [-0.2, -0.15) is 0 Å². The van der Waals surface area contributed by atoms with Gasteiger partial charge < -0.3 is 14.4 Å². The maximum atomic E-state index is 12.3. The fourth-order valence-electron chi connectivity index (χ4n) is 2.66. The summed E-state index contributed by atoms with van der Waals surface area (Å²) in [4.78, 5) is 25.7. The van der Waals surface area contributed by atoms with Crippen LogP contribution in [0.5, 0.6) is 5.75 Å². The van der Waals surface area contributed by atoms with Crippen molar-refractivity contribution in [2.24, 2.45) is 5.92 Å². The Morgan fingerprint density at radius 2 is 2.09 bits per heavy atom. The molecule has 0 saturated heterocycles. The fraction of sp³-hybridized carbons (Fsp3) is 0.556. The molecule has 2 rings (SSSR count). The summed E-state index contributed by atoms with van der Waals surface area (Å²) in [6.07, 6.45) is 0.423. The van der Waals surface area contributed by atoms with Gasteiger partial charge in [-0.15, -0.1) is 0 Å². The van der Waals surface area contributed by atoms with Gasteiger partial charge in [0, 0.05) is 18.5 Å². The lowest BCUT2D eigenvalue weighted by Gasteiger charge is -2.37. The van der Waals surface area contributed by atoms with Gasteiger partial charge in [0.15, 0.2) is 5.78 Å². The minimum Gasteiger partial charge on any atom is -0.486 e. The van der Waals surface area contributed by atoms with Gasteiger partial charge in [-0.1, -0.05) is 13.8 Å². The van der Waals surface area contributed by atoms with E-state index in [0.717, 1.165) is 24.5 Å². The van der Waals surface area contributed by atoms with Gasteiger partial charge in [0.1, 0.15) is 11.9 Å². The zero-order chi connectivity index (χ0) is 17.0. The summed E-state index contributed by atoms with van der Waals surface area (Å²) >= 11 is 0. The van der Waals surface area contributed by atoms with Crippen LogP contribution in [0.15, 0.2) is 18.2 Å². The Bertz CT molecular complexity index is 582. The lowest BCUT2D eigenvalue weighted by molar-refractivity contribution is -0.140. The van der Waals surface area contributed by atoms with Crippen LogP contribution in [-0.2, 0) is 9.53 Å². The van der Waals surface area contributed by atoms with Crippen LogP contribution >= 0.6 is 0 Å².